The molecule has 6 heteroatoms. The third kappa shape index (κ3) is 2.74. The molecular formula is C9H10N4S2. The minimum Gasteiger partial charge on any atom is -0.325 e. The Bertz CT molecular complexity index is 438. The highest BCUT2D eigenvalue weighted by atomic mass is 32.2. The zero-order chi connectivity index (χ0) is 10.7. The van der Waals surface area contributed by atoms with Crippen molar-refractivity contribution in [3.63, 3.8) is 0 Å². The SMILES string of the molecule is Cc1csc(Sc2cnc(CN)cn2)n1. The van der Waals surface area contributed by atoms with Crippen LogP contribution >= 0.6 is 23.1 Å². The lowest BCUT2D eigenvalue weighted by molar-refractivity contribution is 0.923. The molecule has 0 fully saturated rings. The van der Waals surface area contributed by atoms with E-state index in [1.807, 2.05) is 12.3 Å². The molecule has 0 aliphatic heterocycles. The van der Waals surface area contributed by atoms with Crippen LogP contribution in [0.2, 0.25) is 0 Å². The van der Waals surface area contributed by atoms with Crippen molar-refractivity contribution >= 4 is 23.1 Å². The minimum absolute atomic E-state index is 0.425. The van der Waals surface area contributed by atoms with E-state index < -0.39 is 0 Å². The van der Waals surface area contributed by atoms with Crippen molar-refractivity contribution in [2.45, 2.75) is 22.8 Å². The Balaban J connectivity index is 2.11. The third-order valence-corrected chi connectivity index (χ3v) is 3.66. The summed E-state index contributed by atoms with van der Waals surface area (Å²) in [5.74, 6) is 0. The van der Waals surface area contributed by atoms with E-state index in [0.717, 1.165) is 20.8 Å². The Morgan fingerprint density at radius 1 is 1.40 bits per heavy atom. The van der Waals surface area contributed by atoms with Crippen LogP contribution in [0, 0.1) is 6.92 Å². The van der Waals surface area contributed by atoms with Gasteiger partial charge in [0, 0.05) is 17.6 Å². The van der Waals surface area contributed by atoms with Gasteiger partial charge in [-0.1, -0.05) is 0 Å². The van der Waals surface area contributed by atoms with Crippen LogP contribution in [0.3, 0.4) is 0 Å². The highest BCUT2D eigenvalue weighted by Crippen LogP contribution is 2.27. The van der Waals surface area contributed by atoms with Crippen molar-refractivity contribution in [1.29, 1.82) is 0 Å². The van der Waals surface area contributed by atoms with Crippen molar-refractivity contribution in [3.8, 4) is 0 Å². The lowest BCUT2D eigenvalue weighted by Crippen LogP contribution is -1.99. The van der Waals surface area contributed by atoms with Gasteiger partial charge >= 0.3 is 0 Å². The molecule has 0 bridgehead atoms. The van der Waals surface area contributed by atoms with Gasteiger partial charge < -0.3 is 5.73 Å². The molecule has 0 saturated carbocycles. The first-order valence-corrected chi connectivity index (χ1v) is 6.08. The monoisotopic (exact) mass is 238 g/mol. The molecule has 0 aromatic carbocycles. The first-order valence-electron chi connectivity index (χ1n) is 4.39. The van der Waals surface area contributed by atoms with Crippen molar-refractivity contribution in [1.82, 2.24) is 15.0 Å². The van der Waals surface area contributed by atoms with Crippen LogP contribution in [0.1, 0.15) is 11.4 Å². The minimum atomic E-state index is 0.425. The Kier molecular flexibility index (Phi) is 3.30. The van der Waals surface area contributed by atoms with E-state index in [1.54, 1.807) is 23.7 Å². The summed E-state index contributed by atoms with van der Waals surface area (Å²) >= 11 is 3.13. The quantitative estimate of drug-likeness (QED) is 0.884. The Hall–Kier alpha value is -0.980. The molecule has 0 spiro atoms. The summed E-state index contributed by atoms with van der Waals surface area (Å²) in [6.07, 6.45) is 3.42. The molecule has 2 heterocycles. The number of rotatable bonds is 3. The Labute approximate surface area is 96.0 Å². The maximum atomic E-state index is 5.44. The molecule has 15 heavy (non-hydrogen) atoms. The number of nitrogens with two attached hydrogens (primary N) is 1. The molecule has 2 aromatic heterocycles. The molecule has 0 amide bonds. The van der Waals surface area contributed by atoms with E-state index >= 15 is 0 Å². The number of nitrogens with zero attached hydrogens (tertiary/aromatic N) is 3. The molecule has 0 aliphatic carbocycles. The second kappa shape index (κ2) is 4.69. The molecule has 0 radical (unpaired) electrons. The molecule has 78 valence electrons. The Morgan fingerprint density at radius 3 is 2.80 bits per heavy atom. The Morgan fingerprint density at radius 2 is 2.27 bits per heavy atom. The fourth-order valence-corrected chi connectivity index (χ4v) is 2.66. The van der Waals surface area contributed by atoms with E-state index in [0.29, 0.717) is 6.54 Å². The van der Waals surface area contributed by atoms with Gasteiger partial charge in [0.15, 0.2) is 4.34 Å². The molecule has 2 rings (SSSR count). The van der Waals surface area contributed by atoms with Gasteiger partial charge in [0.25, 0.3) is 0 Å². The molecular weight excluding hydrogens is 228 g/mol. The maximum Gasteiger partial charge on any atom is 0.156 e. The smallest absolute Gasteiger partial charge is 0.156 e. The van der Waals surface area contributed by atoms with E-state index in [-0.39, 0.29) is 0 Å². The normalized spacial score (nSPS) is 10.5. The molecule has 2 N–H and O–H groups in total. The number of hydrogen-bond donors (Lipinski definition) is 1. The lowest BCUT2D eigenvalue weighted by Gasteiger charge is -1.97. The van der Waals surface area contributed by atoms with E-state index in [1.165, 1.54) is 11.8 Å². The largest absolute Gasteiger partial charge is 0.325 e. The summed E-state index contributed by atoms with van der Waals surface area (Å²) in [6.45, 7) is 2.40. The highest BCUT2D eigenvalue weighted by Gasteiger charge is 2.03. The fraction of sp³-hybridized carbons (Fsp3) is 0.222. The number of aryl methyl sites for hydroxylation is 1. The average Bonchev–Trinajstić information content (AvgIpc) is 2.65. The topological polar surface area (TPSA) is 64.7 Å². The summed E-state index contributed by atoms with van der Waals surface area (Å²) in [5, 5.41) is 2.87. The molecule has 0 unspecified atom stereocenters. The summed E-state index contributed by atoms with van der Waals surface area (Å²) in [6, 6.07) is 0. The van der Waals surface area contributed by atoms with Gasteiger partial charge in [-0.2, -0.15) is 0 Å². The van der Waals surface area contributed by atoms with Crippen LogP contribution in [0.5, 0.6) is 0 Å². The zero-order valence-corrected chi connectivity index (χ0v) is 9.81. The number of aromatic nitrogens is 3. The fourth-order valence-electron chi connectivity index (χ4n) is 0.970. The van der Waals surface area contributed by atoms with E-state index in [9.17, 15) is 0 Å². The predicted molar refractivity (Wildman–Crippen MR) is 60.9 cm³/mol. The second-order valence-electron chi connectivity index (χ2n) is 2.91. The third-order valence-electron chi connectivity index (χ3n) is 1.68. The number of hydrogen-bond acceptors (Lipinski definition) is 6. The van der Waals surface area contributed by atoms with Crippen LogP contribution in [-0.4, -0.2) is 15.0 Å². The number of thiazole rings is 1. The van der Waals surface area contributed by atoms with Crippen molar-refractivity contribution < 1.29 is 0 Å². The summed E-state index contributed by atoms with van der Waals surface area (Å²) in [7, 11) is 0. The molecule has 0 atom stereocenters. The van der Waals surface area contributed by atoms with Crippen molar-refractivity contribution in [2.75, 3.05) is 0 Å². The lowest BCUT2D eigenvalue weighted by atomic mass is 10.5. The summed E-state index contributed by atoms with van der Waals surface area (Å²) < 4.78 is 0.988. The van der Waals surface area contributed by atoms with E-state index in [4.69, 9.17) is 5.73 Å². The van der Waals surface area contributed by atoms with Gasteiger partial charge in [0.1, 0.15) is 5.03 Å². The van der Waals surface area contributed by atoms with Gasteiger partial charge in [0.05, 0.1) is 18.1 Å². The maximum absolute atomic E-state index is 5.44. The predicted octanol–water partition coefficient (Wildman–Crippen LogP) is 1.85. The van der Waals surface area contributed by atoms with Gasteiger partial charge in [-0.25, -0.2) is 9.97 Å². The van der Waals surface area contributed by atoms with Crippen LogP contribution in [0.4, 0.5) is 0 Å². The first kappa shape index (κ1) is 10.5. The zero-order valence-electron chi connectivity index (χ0n) is 8.17. The highest BCUT2D eigenvalue weighted by molar-refractivity contribution is 8.00. The molecule has 0 saturated heterocycles. The standard InChI is InChI=1S/C9H10N4S2/c1-6-5-14-9(13-6)15-8-4-11-7(2-10)3-12-8/h3-5H,2,10H2,1H3. The van der Waals surface area contributed by atoms with E-state index in [2.05, 4.69) is 15.0 Å². The van der Waals surface area contributed by atoms with Crippen LogP contribution < -0.4 is 5.73 Å². The van der Waals surface area contributed by atoms with Crippen LogP contribution in [0.15, 0.2) is 27.1 Å². The van der Waals surface area contributed by atoms with Crippen LogP contribution in [-0.2, 0) is 6.54 Å². The average molecular weight is 238 g/mol. The molecule has 4 nitrogen and oxygen atoms in total. The second-order valence-corrected chi connectivity index (χ2v) is 5.03. The summed E-state index contributed by atoms with van der Waals surface area (Å²) in [4.78, 5) is 12.7. The van der Waals surface area contributed by atoms with Gasteiger partial charge in [0.2, 0.25) is 0 Å². The molecule has 0 aliphatic rings. The van der Waals surface area contributed by atoms with Gasteiger partial charge in [-0.15, -0.1) is 11.3 Å². The van der Waals surface area contributed by atoms with Gasteiger partial charge in [-0.05, 0) is 18.7 Å². The van der Waals surface area contributed by atoms with Crippen molar-refractivity contribution in [2.24, 2.45) is 5.73 Å². The van der Waals surface area contributed by atoms with Gasteiger partial charge in [-0.3, -0.25) is 4.98 Å². The van der Waals surface area contributed by atoms with Crippen molar-refractivity contribution in [3.05, 3.63) is 29.2 Å². The summed E-state index contributed by atoms with van der Waals surface area (Å²) in [5.41, 5.74) is 7.27. The molecule has 2 aromatic rings. The van der Waals surface area contributed by atoms with Crippen LogP contribution in [0.25, 0.3) is 0 Å². The first-order chi connectivity index (χ1) is 7.28.